The Labute approximate surface area is 158 Å². The zero-order valence-corrected chi connectivity index (χ0v) is 15.5. The van der Waals surface area contributed by atoms with E-state index in [1.165, 1.54) is 13.3 Å². The maximum atomic E-state index is 12.4. The molecule has 27 heavy (non-hydrogen) atoms. The van der Waals surface area contributed by atoms with Crippen LogP contribution in [-0.2, 0) is 14.3 Å². The van der Waals surface area contributed by atoms with Crippen molar-refractivity contribution in [2.45, 2.75) is 45.1 Å². The number of benzene rings is 1. The number of esters is 1. The molecule has 0 saturated carbocycles. The molecule has 1 aromatic rings. The van der Waals surface area contributed by atoms with Crippen molar-refractivity contribution in [3.05, 3.63) is 35.4 Å². The van der Waals surface area contributed by atoms with Crippen molar-refractivity contribution >= 4 is 23.7 Å². The van der Waals surface area contributed by atoms with Crippen molar-refractivity contribution in [2.75, 3.05) is 19.7 Å². The van der Waals surface area contributed by atoms with Gasteiger partial charge in [0.2, 0.25) is 0 Å². The number of hydrogen-bond acceptors (Lipinski definition) is 5. The standard InChI is InChI=1S/C20H24N2O5/c1-14(22-18(24)15-9-5-6-10-16(15)19(22)25)20(26)27-13-17(23)21-11-7-3-2-4-8-12-21/h5-6,9-10,14H,2-4,7-8,11-13H2,1H3/t14-/m1/s1. The number of carbonyl (C=O) groups is 4. The van der Waals surface area contributed by atoms with Crippen molar-refractivity contribution in [3.8, 4) is 0 Å². The quantitative estimate of drug-likeness (QED) is 0.596. The molecule has 0 aromatic heterocycles. The monoisotopic (exact) mass is 372 g/mol. The molecule has 3 rings (SSSR count). The van der Waals surface area contributed by atoms with E-state index in [1.807, 2.05) is 0 Å². The highest BCUT2D eigenvalue weighted by molar-refractivity contribution is 6.22. The van der Waals surface area contributed by atoms with Gasteiger partial charge in [-0.1, -0.05) is 31.4 Å². The van der Waals surface area contributed by atoms with Crippen LogP contribution < -0.4 is 0 Å². The summed E-state index contributed by atoms with van der Waals surface area (Å²) in [5.74, 6) is -2.03. The van der Waals surface area contributed by atoms with Crippen LogP contribution in [0.25, 0.3) is 0 Å². The van der Waals surface area contributed by atoms with Gasteiger partial charge in [-0.05, 0) is 31.9 Å². The van der Waals surface area contributed by atoms with Gasteiger partial charge in [0, 0.05) is 13.1 Å². The molecule has 1 atom stereocenters. The van der Waals surface area contributed by atoms with Crippen molar-refractivity contribution in [3.63, 3.8) is 0 Å². The number of carbonyl (C=O) groups excluding carboxylic acids is 4. The van der Waals surface area contributed by atoms with Crippen LogP contribution in [0, 0.1) is 0 Å². The summed E-state index contributed by atoms with van der Waals surface area (Å²) in [5.41, 5.74) is 0.553. The van der Waals surface area contributed by atoms with Crippen LogP contribution in [0.4, 0.5) is 0 Å². The molecule has 144 valence electrons. The van der Waals surface area contributed by atoms with Crippen LogP contribution in [0.5, 0.6) is 0 Å². The molecular formula is C20H24N2O5. The lowest BCUT2D eigenvalue weighted by atomic mass is 10.1. The zero-order chi connectivity index (χ0) is 19.4. The Kier molecular flexibility index (Phi) is 5.88. The third kappa shape index (κ3) is 4.02. The van der Waals surface area contributed by atoms with Gasteiger partial charge in [-0.2, -0.15) is 0 Å². The summed E-state index contributed by atoms with van der Waals surface area (Å²) in [5, 5.41) is 0. The molecule has 2 heterocycles. The number of likely N-dealkylation sites (tertiary alicyclic amines) is 1. The predicted molar refractivity (Wildman–Crippen MR) is 97.0 cm³/mol. The Balaban J connectivity index is 1.57. The first kappa shape index (κ1) is 19.1. The highest BCUT2D eigenvalue weighted by atomic mass is 16.5. The van der Waals surface area contributed by atoms with E-state index in [1.54, 1.807) is 29.2 Å². The molecule has 0 spiro atoms. The maximum Gasteiger partial charge on any atom is 0.329 e. The molecule has 0 radical (unpaired) electrons. The van der Waals surface area contributed by atoms with Crippen molar-refractivity contribution in [1.82, 2.24) is 9.80 Å². The Morgan fingerprint density at radius 3 is 2.04 bits per heavy atom. The number of ether oxygens (including phenoxy) is 1. The van der Waals surface area contributed by atoms with Gasteiger partial charge in [-0.15, -0.1) is 0 Å². The number of rotatable bonds is 4. The maximum absolute atomic E-state index is 12.4. The van der Waals surface area contributed by atoms with Crippen molar-refractivity contribution < 1.29 is 23.9 Å². The molecule has 1 saturated heterocycles. The van der Waals surface area contributed by atoms with Crippen LogP contribution in [0.1, 0.15) is 59.7 Å². The summed E-state index contributed by atoms with van der Waals surface area (Å²) >= 11 is 0. The molecule has 2 aliphatic heterocycles. The van der Waals surface area contributed by atoms with Gasteiger partial charge in [0.05, 0.1) is 11.1 Å². The van der Waals surface area contributed by atoms with E-state index in [4.69, 9.17) is 4.74 Å². The Hall–Kier alpha value is -2.70. The molecule has 0 unspecified atom stereocenters. The topological polar surface area (TPSA) is 84.0 Å². The van der Waals surface area contributed by atoms with Gasteiger partial charge in [-0.3, -0.25) is 19.3 Å². The summed E-state index contributed by atoms with van der Waals surface area (Å²) in [6, 6.07) is 5.35. The minimum Gasteiger partial charge on any atom is -0.454 e. The van der Waals surface area contributed by atoms with Gasteiger partial charge in [0.1, 0.15) is 6.04 Å². The molecule has 7 heteroatoms. The van der Waals surface area contributed by atoms with E-state index in [0.717, 1.165) is 30.6 Å². The van der Waals surface area contributed by atoms with E-state index >= 15 is 0 Å². The SMILES string of the molecule is C[C@H](C(=O)OCC(=O)N1CCCCCCC1)N1C(=O)c2ccccc2C1=O. The molecule has 3 amide bonds. The van der Waals surface area contributed by atoms with E-state index in [2.05, 4.69) is 0 Å². The fraction of sp³-hybridized carbons (Fsp3) is 0.500. The molecule has 7 nitrogen and oxygen atoms in total. The third-order valence-corrected chi connectivity index (χ3v) is 5.10. The lowest BCUT2D eigenvalue weighted by molar-refractivity contribution is -0.155. The van der Waals surface area contributed by atoms with Crippen LogP contribution in [0.2, 0.25) is 0 Å². The first-order chi connectivity index (χ1) is 13.0. The number of fused-ring (bicyclic) bond motifs is 1. The molecule has 0 bridgehead atoms. The van der Waals surface area contributed by atoms with Gasteiger partial charge >= 0.3 is 5.97 Å². The minimum atomic E-state index is -1.09. The highest BCUT2D eigenvalue weighted by Crippen LogP contribution is 2.24. The normalized spacial score (nSPS) is 18.6. The minimum absolute atomic E-state index is 0.236. The average molecular weight is 372 g/mol. The Morgan fingerprint density at radius 2 is 1.48 bits per heavy atom. The van der Waals surface area contributed by atoms with Crippen LogP contribution in [0.15, 0.2) is 24.3 Å². The first-order valence-corrected chi connectivity index (χ1v) is 9.42. The molecule has 1 fully saturated rings. The summed E-state index contributed by atoms with van der Waals surface area (Å²) < 4.78 is 5.12. The van der Waals surface area contributed by atoms with Crippen molar-refractivity contribution in [1.29, 1.82) is 0 Å². The summed E-state index contributed by atoms with van der Waals surface area (Å²) in [6.45, 7) is 2.41. The van der Waals surface area contributed by atoms with Crippen molar-refractivity contribution in [2.24, 2.45) is 0 Å². The van der Waals surface area contributed by atoms with E-state index in [-0.39, 0.29) is 23.6 Å². The second-order valence-corrected chi connectivity index (χ2v) is 6.96. The average Bonchev–Trinajstić information content (AvgIpc) is 2.90. The summed E-state index contributed by atoms with van der Waals surface area (Å²) in [7, 11) is 0. The van der Waals surface area contributed by atoms with Gasteiger partial charge < -0.3 is 9.64 Å². The number of hydrogen-bond donors (Lipinski definition) is 0. The highest BCUT2D eigenvalue weighted by Gasteiger charge is 2.41. The lowest BCUT2D eigenvalue weighted by Gasteiger charge is -2.25. The third-order valence-electron chi connectivity index (χ3n) is 5.10. The lowest BCUT2D eigenvalue weighted by Crippen LogP contribution is -2.45. The second kappa shape index (κ2) is 8.33. The molecular weight excluding hydrogens is 348 g/mol. The Bertz CT molecular complexity index is 717. The van der Waals surface area contributed by atoms with Crippen LogP contribution in [0.3, 0.4) is 0 Å². The molecule has 0 aliphatic carbocycles. The van der Waals surface area contributed by atoms with E-state index in [0.29, 0.717) is 13.1 Å². The van der Waals surface area contributed by atoms with Gasteiger partial charge in [-0.25, -0.2) is 4.79 Å². The van der Waals surface area contributed by atoms with Crippen LogP contribution in [-0.4, -0.2) is 59.2 Å². The first-order valence-electron chi connectivity index (χ1n) is 9.42. The van der Waals surface area contributed by atoms with E-state index < -0.39 is 23.8 Å². The largest absolute Gasteiger partial charge is 0.454 e. The summed E-state index contributed by atoms with van der Waals surface area (Å²) in [4.78, 5) is 52.1. The van der Waals surface area contributed by atoms with Gasteiger partial charge in [0.25, 0.3) is 17.7 Å². The Morgan fingerprint density at radius 1 is 0.963 bits per heavy atom. The second-order valence-electron chi connectivity index (χ2n) is 6.96. The van der Waals surface area contributed by atoms with Gasteiger partial charge in [0.15, 0.2) is 6.61 Å². The smallest absolute Gasteiger partial charge is 0.329 e. The fourth-order valence-corrected chi connectivity index (χ4v) is 3.51. The number of amides is 3. The summed E-state index contributed by atoms with van der Waals surface area (Å²) in [6.07, 6.45) is 5.28. The number of nitrogens with zero attached hydrogens (tertiary/aromatic N) is 2. The van der Waals surface area contributed by atoms with E-state index in [9.17, 15) is 19.2 Å². The molecule has 1 aromatic carbocycles. The van der Waals surface area contributed by atoms with Crippen LogP contribution >= 0.6 is 0 Å². The fourth-order valence-electron chi connectivity index (χ4n) is 3.51. The molecule has 0 N–H and O–H groups in total. The zero-order valence-electron chi connectivity index (χ0n) is 15.5. The predicted octanol–water partition coefficient (Wildman–Crippen LogP) is 2.01. The number of imide groups is 1. The molecule has 2 aliphatic rings.